The van der Waals surface area contributed by atoms with Crippen LogP contribution in [0, 0.1) is 0 Å². The van der Waals surface area contributed by atoms with Crippen molar-refractivity contribution in [3.8, 4) is 0 Å². The summed E-state index contributed by atoms with van der Waals surface area (Å²) in [5, 5.41) is 9.37. The van der Waals surface area contributed by atoms with Gasteiger partial charge < -0.3 is 19.3 Å². The van der Waals surface area contributed by atoms with E-state index < -0.39 is 0 Å². The maximum absolute atomic E-state index is 9.37. The van der Waals surface area contributed by atoms with Crippen molar-refractivity contribution in [3.63, 3.8) is 0 Å². The van der Waals surface area contributed by atoms with Crippen LogP contribution in [-0.2, 0) is 27.4 Å². The average molecular weight is 328 g/mol. The third kappa shape index (κ3) is 4.89. The smallest absolute Gasteiger partial charge is 0.108 e. The van der Waals surface area contributed by atoms with E-state index in [1.807, 2.05) is 60.7 Å². The highest BCUT2D eigenvalue weighted by Crippen LogP contribution is 2.24. The van der Waals surface area contributed by atoms with Gasteiger partial charge in [0.25, 0.3) is 0 Å². The van der Waals surface area contributed by atoms with Crippen LogP contribution in [-0.4, -0.2) is 36.6 Å². The predicted octanol–water partition coefficient (Wildman–Crippen LogP) is 2.94. The van der Waals surface area contributed by atoms with E-state index in [9.17, 15) is 5.11 Å². The van der Waals surface area contributed by atoms with Crippen LogP contribution in [0.3, 0.4) is 0 Å². The van der Waals surface area contributed by atoms with Crippen LogP contribution < -0.4 is 0 Å². The fourth-order valence-corrected chi connectivity index (χ4v) is 2.89. The number of hydrogen-bond acceptors (Lipinski definition) is 4. The van der Waals surface area contributed by atoms with Crippen molar-refractivity contribution in [3.05, 3.63) is 71.8 Å². The fraction of sp³-hybridized carbons (Fsp3) is 0.400. The highest BCUT2D eigenvalue weighted by atomic mass is 16.6. The molecule has 128 valence electrons. The van der Waals surface area contributed by atoms with E-state index in [4.69, 9.17) is 14.2 Å². The number of aliphatic hydroxyl groups excluding tert-OH is 1. The van der Waals surface area contributed by atoms with Crippen LogP contribution in [0.25, 0.3) is 0 Å². The Kier molecular flexibility index (Phi) is 6.38. The molecule has 24 heavy (non-hydrogen) atoms. The molecule has 0 spiro atoms. The lowest BCUT2D eigenvalue weighted by Crippen LogP contribution is -2.29. The SMILES string of the molecule is OC[C@H]1C[C@H](OCc2ccccc2)[C@@H](COCc2ccccc2)O1. The summed E-state index contributed by atoms with van der Waals surface area (Å²) in [5.41, 5.74) is 2.27. The predicted molar refractivity (Wildman–Crippen MR) is 91.5 cm³/mol. The van der Waals surface area contributed by atoms with Gasteiger partial charge in [-0.05, 0) is 11.1 Å². The summed E-state index contributed by atoms with van der Waals surface area (Å²) in [6.07, 6.45) is 0.326. The molecule has 0 unspecified atom stereocenters. The number of hydrogen-bond donors (Lipinski definition) is 1. The van der Waals surface area contributed by atoms with Gasteiger partial charge >= 0.3 is 0 Å². The van der Waals surface area contributed by atoms with Crippen molar-refractivity contribution in [2.24, 2.45) is 0 Å². The second kappa shape index (κ2) is 8.94. The first-order valence-electron chi connectivity index (χ1n) is 8.38. The molecule has 4 nitrogen and oxygen atoms in total. The Labute approximate surface area is 143 Å². The Morgan fingerprint density at radius 2 is 1.54 bits per heavy atom. The van der Waals surface area contributed by atoms with E-state index in [2.05, 4.69) is 0 Å². The van der Waals surface area contributed by atoms with Crippen LogP contribution in [0.1, 0.15) is 17.5 Å². The number of aliphatic hydroxyl groups is 1. The first-order chi connectivity index (χ1) is 11.8. The van der Waals surface area contributed by atoms with Gasteiger partial charge in [-0.15, -0.1) is 0 Å². The Morgan fingerprint density at radius 1 is 0.917 bits per heavy atom. The van der Waals surface area contributed by atoms with E-state index in [1.54, 1.807) is 0 Å². The molecule has 0 radical (unpaired) electrons. The first-order valence-corrected chi connectivity index (χ1v) is 8.38. The van der Waals surface area contributed by atoms with Crippen LogP contribution in [0.5, 0.6) is 0 Å². The minimum atomic E-state index is -0.170. The molecule has 0 aromatic heterocycles. The van der Waals surface area contributed by atoms with Gasteiger partial charge in [0.1, 0.15) is 6.10 Å². The molecular formula is C20H24O4. The summed E-state index contributed by atoms with van der Waals surface area (Å²) < 4.78 is 17.7. The lowest BCUT2D eigenvalue weighted by atomic mass is 10.1. The third-order valence-electron chi connectivity index (χ3n) is 4.18. The van der Waals surface area contributed by atoms with Crippen LogP contribution in [0.15, 0.2) is 60.7 Å². The average Bonchev–Trinajstić information content (AvgIpc) is 3.04. The van der Waals surface area contributed by atoms with Crippen LogP contribution in [0.2, 0.25) is 0 Å². The second-order valence-electron chi connectivity index (χ2n) is 6.05. The zero-order valence-electron chi connectivity index (χ0n) is 13.7. The highest BCUT2D eigenvalue weighted by Gasteiger charge is 2.35. The van der Waals surface area contributed by atoms with Crippen molar-refractivity contribution in [2.75, 3.05) is 13.2 Å². The zero-order valence-corrected chi connectivity index (χ0v) is 13.7. The Hall–Kier alpha value is -1.72. The monoisotopic (exact) mass is 328 g/mol. The zero-order chi connectivity index (χ0) is 16.6. The van der Waals surface area contributed by atoms with E-state index in [0.717, 1.165) is 11.1 Å². The molecule has 2 aromatic rings. The van der Waals surface area contributed by atoms with Crippen molar-refractivity contribution < 1.29 is 19.3 Å². The summed E-state index contributed by atoms with van der Waals surface area (Å²) >= 11 is 0. The molecule has 1 aliphatic rings. The number of rotatable bonds is 8. The van der Waals surface area contributed by atoms with E-state index in [0.29, 0.717) is 26.2 Å². The van der Waals surface area contributed by atoms with E-state index >= 15 is 0 Å². The Bertz CT molecular complexity index is 587. The van der Waals surface area contributed by atoms with Crippen molar-refractivity contribution in [1.82, 2.24) is 0 Å². The lowest BCUT2D eigenvalue weighted by molar-refractivity contribution is -0.0766. The lowest BCUT2D eigenvalue weighted by Gasteiger charge is -2.19. The van der Waals surface area contributed by atoms with Gasteiger partial charge in [-0.1, -0.05) is 60.7 Å². The third-order valence-corrected chi connectivity index (χ3v) is 4.18. The minimum absolute atomic E-state index is 0.0143. The van der Waals surface area contributed by atoms with Crippen molar-refractivity contribution in [1.29, 1.82) is 0 Å². The normalized spacial score (nSPS) is 23.5. The van der Waals surface area contributed by atoms with E-state index in [-0.39, 0.29) is 24.9 Å². The summed E-state index contributed by atoms with van der Waals surface area (Å²) in [6.45, 7) is 1.57. The molecule has 1 saturated heterocycles. The van der Waals surface area contributed by atoms with Crippen molar-refractivity contribution in [2.45, 2.75) is 37.9 Å². The van der Waals surface area contributed by atoms with Crippen LogP contribution in [0.4, 0.5) is 0 Å². The summed E-state index contributed by atoms with van der Waals surface area (Å²) in [4.78, 5) is 0. The van der Waals surface area contributed by atoms with Gasteiger partial charge in [-0.25, -0.2) is 0 Å². The highest BCUT2D eigenvalue weighted by molar-refractivity contribution is 5.14. The summed E-state index contributed by atoms with van der Waals surface area (Å²) in [5.74, 6) is 0. The quantitative estimate of drug-likeness (QED) is 0.809. The molecular weight excluding hydrogens is 304 g/mol. The Morgan fingerprint density at radius 3 is 2.17 bits per heavy atom. The first kappa shape index (κ1) is 17.1. The number of ether oxygens (including phenoxy) is 3. The Balaban J connectivity index is 1.49. The molecule has 1 aliphatic heterocycles. The maximum Gasteiger partial charge on any atom is 0.108 e. The minimum Gasteiger partial charge on any atom is -0.394 e. The molecule has 0 amide bonds. The standard InChI is InChI=1S/C20H24O4/c21-12-18-11-19(23-14-17-9-5-2-6-10-17)20(24-18)15-22-13-16-7-3-1-4-8-16/h1-10,18-21H,11-15H2/t18-,19+,20-/m1/s1. The fourth-order valence-electron chi connectivity index (χ4n) is 2.89. The molecule has 3 rings (SSSR count). The molecule has 2 aromatic carbocycles. The summed E-state index contributed by atoms with van der Waals surface area (Å²) in [7, 11) is 0. The van der Waals surface area contributed by atoms with Gasteiger partial charge in [0, 0.05) is 6.42 Å². The van der Waals surface area contributed by atoms with Gasteiger partial charge in [-0.2, -0.15) is 0 Å². The molecule has 4 heteroatoms. The number of benzene rings is 2. The van der Waals surface area contributed by atoms with Gasteiger partial charge in [0.15, 0.2) is 0 Å². The van der Waals surface area contributed by atoms with Crippen molar-refractivity contribution >= 4 is 0 Å². The second-order valence-corrected chi connectivity index (χ2v) is 6.05. The molecule has 0 saturated carbocycles. The maximum atomic E-state index is 9.37. The molecule has 1 N–H and O–H groups in total. The molecule has 0 aliphatic carbocycles. The van der Waals surface area contributed by atoms with Gasteiger partial charge in [-0.3, -0.25) is 0 Å². The summed E-state index contributed by atoms with van der Waals surface area (Å²) in [6, 6.07) is 20.1. The molecule has 1 heterocycles. The topological polar surface area (TPSA) is 47.9 Å². The molecule has 1 fully saturated rings. The van der Waals surface area contributed by atoms with Gasteiger partial charge in [0.2, 0.25) is 0 Å². The van der Waals surface area contributed by atoms with Crippen LogP contribution >= 0.6 is 0 Å². The van der Waals surface area contributed by atoms with Gasteiger partial charge in [0.05, 0.1) is 38.6 Å². The molecule has 0 bridgehead atoms. The van der Waals surface area contributed by atoms with E-state index in [1.165, 1.54) is 0 Å². The largest absolute Gasteiger partial charge is 0.394 e. The molecule has 3 atom stereocenters.